The minimum absolute atomic E-state index is 0.0966. The lowest BCUT2D eigenvalue weighted by Crippen LogP contribution is -2.41. The summed E-state index contributed by atoms with van der Waals surface area (Å²) in [5.41, 5.74) is 7.73. The molecule has 0 heterocycles. The second kappa shape index (κ2) is 7.98. The fraction of sp³-hybridized carbons (Fsp3) is 0.273. The number of thiocarbonyl (C=S) groups is 1. The molecule has 0 aromatic heterocycles. The number of halogens is 7. The number of hydrazone groups is 1. The van der Waals surface area contributed by atoms with Gasteiger partial charge in [-0.25, -0.2) is 9.13 Å². The maximum Gasteiger partial charge on any atom is 0.525 e. The van der Waals surface area contributed by atoms with Crippen molar-refractivity contribution in [3.8, 4) is 5.75 Å². The summed E-state index contributed by atoms with van der Waals surface area (Å²) in [5.74, 6) is -0.618. The lowest BCUT2D eigenvalue weighted by molar-refractivity contribution is -0.411. The Labute approximate surface area is 144 Å². The summed E-state index contributed by atoms with van der Waals surface area (Å²) < 4.78 is 81.3. The van der Waals surface area contributed by atoms with Crippen LogP contribution in [0, 0.1) is 0 Å². The third-order valence-electron chi connectivity index (χ3n) is 2.09. The predicted molar refractivity (Wildman–Crippen MR) is 79.3 cm³/mol. The molecular weight excluding hydrogens is 432 g/mol. The van der Waals surface area contributed by atoms with E-state index in [0.717, 1.165) is 6.07 Å². The fourth-order valence-corrected chi connectivity index (χ4v) is 1.76. The first-order valence-electron chi connectivity index (χ1n) is 5.74. The van der Waals surface area contributed by atoms with Gasteiger partial charge >= 0.3 is 18.8 Å². The highest BCUT2D eigenvalue weighted by atomic mass is 79.9. The van der Waals surface area contributed by atoms with Crippen LogP contribution < -0.4 is 15.9 Å². The molecule has 5 nitrogen and oxygen atoms in total. The van der Waals surface area contributed by atoms with Crippen molar-refractivity contribution in [2.75, 3.05) is 0 Å². The van der Waals surface area contributed by atoms with Crippen molar-refractivity contribution in [2.45, 2.75) is 18.8 Å². The van der Waals surface area contributed by atoms with E-state index in [0.29, 0.717) is 5.56 Å². The average Bonchev–Trinajstić information content (AvgIpc) is 2.39. The molecule has 0 amide bonds. The predicted octanol–water partition coefficient (Wildman–Crippen LogP) is 3.42. The van der Waals surface area contributed by atoms with Gasteiger partial charge in [0, 0.05) is 0 Å². The molecule has 1 aromatic carbocycles. The summed E-state index contributed by atoms with van der Waals surface area (Å²) in [5, 5.41) is 3.49. The van der Waals surface area contributed by atoms with Gasteiger partial charge in [-0.15, -0.1) is 13.2 Å². The number of hydrogen-bond acceptors (Lipinski definition) is 4. The highest BCUT2D eigenvalue weighted by Gasteiger charge is 2.50. The van der Waals surface area contributed by atoms with E-state index in [4.69, 9.17) is 5.73 Å². The maximum atomic E-state index is 13.3. The Hall–Kier alpha value is -1.60. The zero-order chi connectivity index (χ0) is 18.5. The SMILES string of the molecule is NC(=S)NN=Cc1ccc(OC(F)(F)C(F)OC(F)(F)F)c(Br)c1. The zero-order valence-electron chi connectivity index (χ0n) is 11.3. The van der Waals surface area contributed by atoms with Gasteiger partial charge in [0.25, 0.3) is 0 Å². The van der Waals surface area contributed by atoms with Crippen LogP contribution >= 0.6 is 28.1 Å². The van der Waals surface area contributed by atoms with Gasteiger partial charge in [-0.3, -0.25) is 5.43 Å². The Balaban J connectivity index is 2.84. The van der Waals surface area contributed by atoms with Crippen LogP contribution in [0.15, 0.2) is 27.8 Å². The maximum absolute atomic E-state index is 13.3. The van der Waals surface area contributed by atoms with Crippen LogP contribution in [0.1, 0.15) is 5.56 Å². The van der Waals surface area contributed by atoms with Crippen LogP contribution in [0.2, 0.25) is 0 Å². The first-order chi connectivity index (χ1) is 10.9. The van der Waals surface area contributed by atoms with E-state index in [2.05, 4.69) is 48.1 Å². The molecular formula is C11H8BrF6N3O2S. The van der Waals surface area contributed by atoms with Gasteiger partial charge in [-0.05, 0) is 51.9 Å². The molecule has 1 atom stereocenters. The summed E-state index contributed by atoms with van der Waals surface area (Å²) >= 11 is 7.35. The first-order valence-corrected chi connectivity index (χ1v) is 6.94. The van der Waals surface area contributed by atoms with E-state index in [-0.39, 0.29) is 9.59 Å². The molecule has 0 aliphatic heterocycles. The minimum Gasteiger partial charge on any atom is -0.427 e. The number of nitrogens with two attached hydrogens (primary N) is 1. The summed E-state index contributed by atoms with van der Waals surface area (Å²) in [4.78, 5) is 0. The smallest absolute Gasteiger partial charge is 0.427 e. The molecule has 3 N–H and O–H groups in total. The van der Waals surface area contributed by atoms with Crippen molar-refractivity contribution < 1.29 is 35.8 Å². The Kier molecular flexibility index (Phi) is 6.80. The van der Waals surface area contributed by atoms with Gasteiger partial charge < -0.3 is 10.5 Å². The number of rotatable bonds is 6. The van der Waals surface area contributed by atoms with Crippen molar-refractivity contribution in [2.24, 2.45) is 10.8 Å². The van der Waals surface area contributed by atoms with Gasteiger partial charge in [0.05, 0.1) is 10.7 Å². The monoisotopic (exact) mass is 439 g/mol. The van der Waals surface area contributed by atoms with Crippen molar-refractivity contribution in [3.05, 3.63) is 28.2 Å². The Morgan fingerprint density at radius 2 is 1.96 bits per heavy atom. The van der Waals surface area contributed by atoms with Crippen LogP contribution in [-0.4, -0.2) is 30.2 Å². The molecule has 0 aliphatic carbocycles. The number of nitrogens with one attached hydrogen (secondary N) is 1. The molecule has 134 valence electrons. The van der Waals surface area contributed by atoms with Crippen LogP contribution in [0.5, 0.6) is 5.75 Å². The largest absolute Gasteiger partial charge is 0.525 e. The highest BCUT2D eigenvalue weighted by Crippen LogP contribution is 2.35. The number of ether oxygens (including phenoxy) is 2. The van der Waals surface area contributed by atoms with Crippen molar-refractivity contribution in [1.82, 2.24) is 5.43 Å². The van der Waals surface area contributed by atoms with Gasteiger partial charge in [0.2, 0.25) is 0 Å². The average molecular weight is 440 g/mol. The third-order valence-corrected chi connectivity index (χ3v) is 2.80. The van der Waals surface area contributed by atoms with E-state index >= 15 is 0 Å². The molecule has 0 saturated carbocycles. The standard InChI is InChI=1S/C11H8BrF6N3O2S/c12-6-3-5(4-20-21-9(19)24)1-2-7(6)22-10(14,15)8(13)23-11(16,17)18/h1-4,8H,(H3,19,21,24). The van der Waals surface area contributed by atoms with Crippen LogP contribution in [-0.2, 0) is 4.74 Å². The second-order valence-electron chi connectivity index (χ2n) is 3.97. The molecule has 0 spiro atoms. The molecule has 24 heavy (non-hydrogen) atoms. The van der Waals surface area contributed by atoms with Gasteiger partial charge in [-0.2, -0.15) is 13.9 Å². The lowest BCUT2D eigenvalue weighted by Gasteiger charge is -2.22. The van der Waals surface area contributed by atoms with Crippen molar-refractivity contribution in [3.63, 3.8) is 0 Å². The van der Waals surface area contributed by atoms with Gasteiger partial charge in [0.15, 0.2) is 5.11 Å². The number of nitrogens with zero attached hydrogens (tertiary/aromatic N) is 1. The molecule has 0 saturated heterocycles. The third kappa shape index (κ3) is 6.88. The van der Waals surface area contributed by atoms with Crippen LogP contribution in [0.25, 0.3) is 0 Å². The van der Waals surface area contributed by atoms with Gasteiger partial charge in [0.1, 0.15) is 5.75 Å². The van der Waals surface area contributed by atoms with Crippen LogP contribution in [0.4, 0.5) is 26.3 Å². The molecule has 0 bridgehead atoms. The second-order valence-corrected chi connectivity index (χ2v) is 5.26. The van der Waals surface area contributed by atoms with Crippen LogP contribution in [0.3, 0.4) is 0 Å². The first kappa shape index (κ1) is 20.4. The molecule has 0 radical (unpaired) electrons. The summed E-state index contributed by atoms with van der Waals surface area (Å²) in [6.45, 7) is 0. The Bertz CT molecular complexity index is 628. The van der Waals surface area contributed by atoms with Crippen molar-refractivity contribution in [1.29, 1.82) is 0 Å². The quantitative estimate of drug-likeness (QED) is 0.307. The summed E-state index contributed by atoms with van der Waals surface area (Å²) in [7, 11) is 0. The topological polar surface area (TPSA) is 68.9 Å². The van der Waals surface area contributed by atoms with E-state index in [9.17, 15) is 26.3 Å². The minimum atomic E-state index is -5.58. The van der Waals surface area contributed by atoms with E-state index in [1.54, 1.807) is 0 Å². The van der Waals surface area contributed by atoms with E-state index in [1.807, 2.05) is 0 Å². The molecule has 0 fully saturated rings. The Morgan fingerprint density at radius 1 is 1.33 bits per heavy atom. The number of alkyl halides is 6. The number of hydrogen-bond donors (Lipinski definition) is 2. The summed E-state index contributed by atoms with van der Waals surface area (Å²) in [6.07, 6.45) is -13.3. The molecule has 1 rings (SSSR count). The molecule has 1 unspecified atom stereocenters. The lowest BCUT2D eigenvalue weighted by atomic mass is 10.2. The molecule has 13 heteroatoms. The zero-order valence-corrected chi connectivity index (χ0v) is 13.7. The summed E-state index contributed by atoms with van der Waals surface area (Å²) in [6, 6.07) is 3.41. The molecule has 0 aliphatic rings. The molecule has 1 aromatic rings. The van der Waals surface area contributed by atoms with E-state index in [1.165, 1.54) is 18.3 Å². The van der Waals surface area contributed by atoms with Gasteiger partial charge in [-0.1, -0.05) is 0 Å². The number of benzene rings is 1. The Morgan fingerprint density at radius 3 is 2.46 bits per heavy atom. The van der Waals surface area contributed by atoms with Crippen molar-refractivity contribution >= 4 is 39.5 Å². The fourth-order valence-electron chi connectivity index (χ4n) is 1.23. The van der Waals surface area contributed by atoms with E-state index < -0.39 is 24.6 Å². The normalized spacial score (nSPS) is 13.8. The highest BCUT2D eigenvalue weighted by molar-refractivity contribution is 9.10.